The van der Waals surface area contributed by atoms with Gasteiger partial charge in [-0.1, -0.05) is 49.8 Å². The second-order valence-corrected chi connectivity index (χ2v) is 13.8. The third kappa shape index (κ3) is 5.86. The van der Waals surface area contributed by atoms with Crippen molar-refractivity contribution in [2.45, 2.75) is 95.5 Å². The van der Waals surface area contributed by atoms with E-state index in [2.05, 4.69) is 12.2 Å². The van der Waals surface area contributed by atoms with Crippen LogP contribution in [-0.2, 0) is 28.7 Å². The number of nitrogens with one attached hydrogen (secondary N) is 1. The Morgan fingerprint density at radius 2 is 1.76 bits per heavy atom. The van der Waals surface area contributed by atoms with Crippen molar-refractivity contribution in [3.8, 4) is 0 Å². The van der Waals surface area contributed by atoms with E-state index in [-0.39, 0.29) is 41.8 Å². The first kappa shape index (κ1) is 33.0. The zero-order chi connectivity index (χ0) is 32.7. The molecule has 0 spiro atoms. The largest absolute Gasteiger partial charge is 0.480 e. The topological polar surface area (TPSA) is 188 Å². The molecule has 0 saturated heterocycles. The Kier molecular flexibility index (Phi) is 9.09. The number of benzene rings is 1. The number of ketones is 2. The van der Waals surface area contributed by atoms with Crippen LogP contribution in [0.1, 0.15) is 83.3 Å². The van der Waals surface area contributed by atoms with E-state index < -0.39 is 72.3 Å². The number of amides is 1. The molecule has 1 amide bonds. The van der Waals surface area contributed by atoms with Crippen LogP contribution in [0, 0.1) is 28.6 Å². The van der Waals surface area contributed by atoms with E-state index in [1.54, 1.807) is 24.3 Å². The number of hydrogen-bond acceptors (Lipinski definition) is 9. The first-order valence-electron chi connectivity index (χ1n) is 15.8. The van der Waals surface area contributed by atoms with E-state index in [9.17, 15) is 44.4 Å². The number of esters is 1. The summed E-state index contributed by atoms with van der Waals surface area (Å²) in [6.07, 6.45) is 2.23. The van der Waals surface area contributed by atoms with Crippen molar-refractivity contribution in [2.24, 2.45) is 28.6 Å². The SMILES string of the molecule is C[C@]12CCC(=O)C=C1CC[C@H]1[C@@H]2[C@@H](O)C[C@]2(C)[C@H]1CC[C@]2(O)C(=O)COC(=O)CCC(=O)N[C@H](C(=O)O)[C@H](O)c1ccccc1. The van der Waals surface area contributed by atoms with Crippen molar-refractivity contribution in [1.29, 1.82) is 0 Å². The maximum absolute atomic E-state index is 13.5. The molecule has 0 aromatic heterocycles. The zero-order valence-corrected chi connectivity index (χ0v) is 25.7. The van der Waals surface area contributed by atoms with Gasteiger partial charge in [0.25, 0.3) is 0 Å². The normalized spacial score (nSPS) is 35.1. The van der Waals surface area contributed by atoms with Gasteiger partial charge in [-0.05, 0) is 73.3 Å². The van der Waals surface area contributed by atoms with Gasteiger partial charge in [0.05, 0.1) is 12.5 Å². The molecule has 4 aliphatic rings. The molecule has 5 rings (SSSR count). The summed E-state index contributed by atoms with van der Waals surface area (Å²) in [5.74, 6) is -3.66. The molecule has 45 heavy (non-hydrogen) atoms. The van der Waals surface area contributed by atoms with Crippen molar-refractivity contribution >= 4 is 29.4 Å². The molecule has 0 radical (unpaired) electrons. The molecular formula is C34H43NO10. The van der Waals surface area contributed by atoms with Crippen molar-refractivity contribution in [3.63, 3.8) is 0 Å². The van der Waals surface area contributed by atoms with Gasteiger partial charge in [-0.25, -0.2) is 4.79 Å². The number of fused-ring (bicyclic) bond motifs is 5. The third-order valence-corrected chi connectivity index (χ3v) is 11.5. The second kappa shape index (κ2) is 12.4. The van der Waals surface area contributed by atoms with Crippen molar-refractivity contribution in [3.05, 3.63) is 47.5 Å². The first-order valence-corrected chi connectivity index (χ1v) is 15.8. The molecule has 1 aromatic carbocycles. The van der Waals surface area contributed by atoms with Crippen LogP contribution in [0.5, 0.6) is 0 Å². The van der Waals surface area contributed by atoms with E-state index in [1.165, 1.54) is 12.1 Å². The number of aliphatic carboxylic acids is 1. The number of ether oxygens (including phenoxy) is 1. The Balaban J connectivity index is 1.17. The highest BCUT2D eigenvalue weighted by Crippen LogP contribution is 2.67. The lowest BCUT2D eigenvalue weighted by molar-refractivity contribution is -0.184. The minimum absolute atomic E-state index is 0.0244. The quantitative estimate of drug-likeness (QED) is 0.242. The number of carbonyl (C=O) groups excluding carboxylic acids is 4. The smallest absolute Gasteiger partial charge is 0.329 e. The van der Waals surface area contributed by atoms with E-state index in [4.69, 9.17) is 4.74 Å². The van der Waals surface area contributed by atoms with Crippen LogP contribution in [0.3, 0.4) is 0 Å². The number of hydrogen-bond donors (Lipinski definition) is 5. The fourth-order valence-electron chi connectivity index (χ4n) is 9.07. The molecule has 11 heteroatoms. The van der Waals surface area contributed by atoms with Crippen LogP contribution in [0.4, 0.5) is 0 Å². The first-order chi connectivity index (χ1) is 21.2. The highest BCUT2D eigenvalue weighted by atomic mass is 16.5. The summed E-state index contributed by atoms with van der Waals surface area (Å²) in [5.41, 5.74) is -1.63. The van der Waals surface area contributed by atoms with Gasteiger partial charge in [0.1, 0.15) is 11.7 Å². The molecule has 9 atom stereocenters. The number of carbonyl (C=O) groups is 5. The van der Waals surface area contributed by atoms with E-state index >= 15 is 0 Å². The fourth-order valence-corrected chi connectivity index (χ4v) is 9.07. The van der Waals surface area contributed by atoms with Crippen molar-refractivity contribution < 1.29 is 49.1 Å². The monoisotopic (exact) mass is 625 g/mol. The van der Waals surface area contributed by atoms with Gasteiger partial charge in [-0.2, -0.15) is 0 Å². The van der Waals surface area contributed by atoms with E-state index in [1.807, 2.05) is 6.92 Å². The molecule has 3 fully saturated rings. The molecular weight excluding hydrogens is 582 g/mol. The number of rotatable bonds is 10. The van der Waals surface area contributed by atoms with Gasteiger partial charge >= 0.3 is 11.9 Å². The average molecular weight is 626 g/mol. The minimum atomic E-state index is -1.80. The van der Waals surface area contributed by atoms with Gasteiger partial charge in [0.15, 0.2) is 18.4 Å². The minimum Gasteiger partial charge on any atom is -0.480 e. The standard InChI is InChI=1S/C34H43NO10/c1-32-14-12-21(36)16-20(32)8-9-22-23-13-15-34(44,33(23,2)17-24(37)28(22)32)25(38)18-45-27(40)11-10-26(39)35-29(31(42)43)30(41)19-6-4-3-5-7-19/h3-7,16,22-24,28-30,37,41,44H,8-15,17-18H2,1-2H3,(H,35,39)(H,42,43)/t22-,23+,24+,28-,29+,30-,32+,33-,34+/m1/s1. The summed E-state index contributed by atoms with van der Waals surface area (Å²) >= 11 is 0. The zero-order valence-electron chi connectivity index (χ0n) is 25.7. The third-order valence-electron chi connectivity index (χ3n) is 11.5. The molecule has 5 N–H and O–H groups in total. The molecule has 0 bridgehead atoms. The van der Waals surface area contributed by atoms with Crippen molar-refractivity contribution in [2.75, 3.05) is 6.61 Å². The highest BCUT2D eigenvalue weighted by Gasteiger charge is 2.68. The Hall–Kier alpha value is -3.41. The Bertz CT molecular complexity index is 1390. The number of aliphatic hydroxyl groups excluding tert-OH is 2. The molecule has 0 aliphatic heterocycles. The van der Waals surface area contributed by atoms with Gasteiger partial charge in [0.2, 0.25) is 11.7 Å². The Morgan fingerprint density at radius 3 is 2.44 bits per heavy atom. The van der Waals surface area contributed by atoms with Crippen LogP contribution < -0.4 is 5.32 Å². The summed E-state index contributed by atoms with van der Waals surface area (Å²) in [6.45, 7) is 3.28. The predicted molar refractivity (Wildman–Crippen MR) is 159 cm³/mol. The van der Waals surface area contributed by atoms with Crippen LogP contribution in [0.25, 0.3) is 0 Å². The number of aliphatic hydroxyl groups is 3. The lowest BCUT2D eigenvalue weighted by Crippen LogP contribution is -2.62. The van der Waals surface area contributed by atoms with Crippen LogP contribution in [-0.4, -0.2) is 74.2 Å². The molecule has 4 aliphatic carbocycles. The average Bonchev–Trinajstić information content (AvgIpc) is 3.28. The molecule has 0 unspecified atom stereocenters. The number of carboxylic acid groups (broad SMARTS) is 1. The van der Waals surface area contributed by atoms with Crippen LogP contribution >= 0.6 is 0 Å². The van der Waals surface area contributed by atoms with E-state index in [0.29, 0.717) is 24.8 Å². The van der Waals surface area contributed by atoms with Gasteiger partial charge < -0.3 is 30.5 Å². The maximum Gasteiger partial charge on any atom is 0.329 e. The van der Waals surface area contributed by atoms with Gasteiger partial charge in [-0.15, -0.1) is 0 Å². The van der Waals surface area contributed by atoms with E-state index in [0.717, 1.165) is 18.4 Å². The van der Waals surface area contributed by atoms with Gasteiger partial charge in [-0.3, -0.25) is 19.2 Å². The number of carboxylic acids is 1. The molecule has 1 aromatic rings. The predicted octanol–water partition coefficient (Wildman–Crippen LogP) is 2.42. The molecule has 244 valence electrons. The summed E-state index contributed by atoms with van der Waals surface area (Å²) in [7, 11) is 0. The molecule has 3 saturated carbocycles. The molecule has 0 heterocycles. The fraction of sp³-hybridized carbons (Fsp3) is 0.618. The lowest BCUT2D eigenvalue weighted by atomic mass is 9.45. The summed E-state index contributed by atoms with van der Waals surface area (Å²) in [6, 6.07) is 6.35. The van der Waals surface area contributed by atoms with Crippen molar-refractivity contribution in [1.82, 2.24) is 5.32 Å². The summed E-state index contributed by atoms with van der Waals surface area (Å²) in [5, 5.41) is 45.5. The number of Topliss-reactive ketones (excluding diaryl/α,β-unsaturated/α-hetero) is 1. The lowest BCUT2D eigenvalue weighted by Gasteiger charge is -2.60. The van der Waals surface area contributed by atoms with Crippen LogP contribution in [0.2, 0.25) is 0 Å². The Labute approximate surface area is 262 Å². The number of allylic oxidation sites excluding steroid dienone is 1. The maximum atomic E-state index is 13.5. The van der Waals surface area contributed by atoms with Crippen LogP contribution in [0.15, 0.2) is 42.0 Å². The summed E-state index contributed by atoms with van der Waals surface area (Å²) in [4.78, 5) is 62.2. The molecule has 11 nitrogen and oxygen atoms in total. The summed E-state index contributed by atoms with van der Waals surface area (Å²) < 4.78 is 5.16. The van der Waals surface area contributed by atoms with Gasteiger partial charge in [0, 0.05) is 18.3 Å². The second-order valence-electron chi connectivity index (χ2n) is 13.8. The highest BCUT2D eigenvalue weighted by molar-refractivity contribution is 5.92. The Morgan fingerprint density at radius 1 is 1.04 bits per heavy atom.